The molecule has 0 atom stereocenters. The molecule has 6 heteroatoms. The highest BCUT2D eigenvalue weighted by molar-refractivity contribution is 5.95. The van der Waals surface area contributed by atoms with E-state index in [1.165, 1.54) is 19.1 Å². The molecule has 0 fully saturated rings. The first kappa shape index (κ1) is 15.5. The van der Waals surface area contributed by atoms with E-state index in [4.69, 9.17) is 0 Å². The van der Waals surface area contributed by atoms with Crippen LogP contribution in [0.5, 0.6) is 0 Å². The SMILES string of the molecule is CC(=O)Nc1cccc(NC(=O)CNc2ccc(F)cc2)c1. The molecule has 3 N–H and O–H groups in total. The van der Waals surface area contributed by atoms with E-state index in [0.717, 1.165) is 0 Å². The number of carbonyl (C=O) groups excluding carboxylic acids is 2. The van der Waals surface area contributed by atoms with Crippen LogP contribution < -0.4 is 16.0 Å². The fourth-order valence-electron chi connectivity index (χ4n) is 1.83. The molecule has 0 saturated carbocycles. The minimum absolute atomic E-state index is 0.0516. The third-order valence-corrected chi connectivity index (χ3v) is 2.76. The van der Waals surface area contributed by atoms with E-state index in [0.29, 0.717) is 17.1 Å². The summed E-state index contributed by atoms with van der Waals surface area (Å²) in [5, 5.41) is 8.24. The second-order valence-corrected chi connectivity index (χ2v) is 4.67. The lowest BCUT2D eigenvalue weighted by atomic mass is 10.2. The molecule has 5 nitrogen and oxygen atoms in total. The summed E-state index contributed by atoms with van der Waals surface area (Å²) in [6, 6.07) is 12.6. The average molecular weight is 301 g/mol. The summed E-state index contributed by atoms with van der Waals surface area (Å²) in [4.78, 5) is 22.8. The van der Waals surface area contributed by atoms with E-state index in [1.807, 2.05) is 0 Å². The maximum atomic E-state index is 12.8. The van der Waals surface area contributed by atoms with Crippen LogP contribution in [0, 0.1) is 5.82 Å². The van der Waals surface area contributed by atoms with Gasteiger partial charge in [-0.15, -0.1) is 0 Å². The summed E-state index contributed by atoms with van der Waals surface area (Å²) in [5.41, 5.74) is 1.84. The molecule has 0 bridgehead atoms. The Labute approximate surface area is 127 Å². The zero-order valence-corrected chi connectivity index (χ0v) is 12.0. The first-order valence-electron chi connectivity index (χ1n) is 6.70. The number of hydrogen-bond acceptors (Lipinski definition) is 3. The number of amides is 2. The Kier molecular flexibility index (Phi) is 5.08. The van der Waals surface area contributed by atoms with Crippen molar-refractivity contribution in [2.45, 2.75) is 6.92 Å². The van der Waals surface area contributed by atoms with Crippen molar-refractivity contribution in [2.24, 2.45) is 0 Å². The Hall–Kier alpha value is -2.89. The van der Waals surface area contributed by atoms with Crippen molar-refractivity contribution >= 4 is 28.9 Å². The van der Waals surface area contributed by atoms with Crippen LogP contribution in [0.25, 0.3) is 0 Å². The van der Waals surface area contributed by atoms with Crippen molar-refractivity contribution in [1.29, 1.82) is 0 Å². The second-order valence-electron chi connectivity index (χ2n) is 4.67. The number of halogens is 1. The van der Waals surface area contributed by atoms with Gasteiger partial charge in [-0.3, -0.25) is 9.59 Å². The predicted octanol–water partition coefficient (Wildman–Crippen LogP) is 2.83. The zero-order chi connectivity index (χ0) is 15.9. The van der Waals surface area contributed by atoms with Crippen molar-refractivity contribution in [3.8, 4) is 0 Å². The van der Waals surface area contributed by atoms with Crippen molar-refractivity contribution in [3.05, 3.63) is 54.3 Å². The van der Waals surface area contributed by atoms with Crippen molar-refractivity contribution in [1.82, 2.24) is 0 Å². The highest BCUT2D eigenvalue weighted by Crippen LogP contribution is 2.15. The highest BCUT2D eigenvalue weighted by Gasteiger charge is 2.04. The van der Waals surface area contributed by atoms with E-state index in [2.05, 4.69) is 16.0 Å². The van der Waals surface area contributed by atoms with Gasteiger partial charge in [0.15, 0.2) is 0 Å². The van der Waals surface area contributed by atoms with Gasteiger partial charge in [0, 0.05) is 24.0 Å². The van der Waals surface area contributed by atoms with Crippen LogP contribution in [0.4, 0.5) is 21.5 Å². The minimum Gasteiger partial charge on any atom is -0.376 e. The average Bonchev–Trinajstić information content (AvgIpc) is 2.46. The number of benzene rings is 2. The quantitative estimate of drug-likeness (QED) is 0.795. The van der Waals surface area contributed by atoms with Crippen LogP contribution in [0.1, 0.15) is 6.92 Å². The first-order valence-corrected chi connectivity index (χ1v) is 6.70. The molecule has 2 rings (SSSR count). The number of hydrogen-bond donors (Lipinski definition) is 3. The molecule has 0 spiro atoms. The van der Waals surface area contributed by atoms with Crippen LogP contribution in [0.3, 0.4) is 0 Å². The summed E-state index contributed by atoms with van der Waals surface area (Å²) in [6.07, 6.45) is 0. The van der Waals surface area contributed by atoms with Crippen LogP contribution >= 0.6 is 0 Å². The number of rotatable bonds is 5. The van der Waals surface area contributed by atoms with Gasteiger partial charge in [0.05, 0.1) is 6.54 Å². The van der Waals surface area contributed by atoms with Gasteiger partial charge in [0.25, 0.3) is 0 Å². The molecular weight excluding hydrogens is 285 g/mol. The smallest absolute Gasteiger partial charge is 0.243 e. The van der Waals surface area contributed by atoms with Gasteiger partial charge in [-0.25, -0.2) is 4.39 Å². The Morgan fingerprint density at radius 1 is 0.955 bits per heavy atom. The van der Waals surface area contributed by atoms with Crippen LogP contribution in [-0.2, 0) is 9.59 Å². The van der Waals surface area contributed by atoms with Crippen molar-refractivity contribution in [3.63, 3.8) is 0 Å². The standard InChI is InChI=1S/C16H16FN3O2/c1-11(21)19-14-3-2-4-15(9-14)20-16(22)10-18-13-7-5-12(17)6-8-13/h2-9,18H,10H2,1H3,(H,19,21)(H,20,22). The van der Waals surface area contributed by atoms with Crippen LogP contribution in [-0.4, -0.2) is 18.4 Å². The number of carbonyl (C=O) groups is 2. The molecule has 0 unspecified atom stereocenters. The Morgan fingerprint density at radius 2 is 1.59 bits per heavy atom. The van der Waals surface area contributed by atoms with Gasteiger partial charge in [-0.2, -0.15) is 0 Å². The minimum atomic E-state index is -0.329. The Bertz CT molecular complexity index is 671. The molecule has 0 heterocycles. The molecule has 0 radical (unpaired) electrons. The van der Waals surface area contributed by atoms with Gasteiger partial charge >= 0.3 is 0 Å². The number of nitrogens with one attached hydrogen (secondary N) is 3. The molecule has 114 valence electrons. The van der Waals surface area contributed by atoms with Crippen LogP contribution in [0.15, 0.2) is 48.5 Å². The molecule has 2 aromatic rings. The summed E-state index contributed by atoms with van der Waals surface area (Å²) in [7, 11) is 0. The maximum Gasteiger partial charge on any atom is 0.243 e. The monoisotopic (exact) mass is 301 g/mol. The molecular formula is C16H16FN3O2. The van der Waals surface area contributed by atoms with E-state index < -0.39 is 0 Å². The number of anilines is 3. The maximum absolute atomic E-state index is 12.8. The van der Waals surface area contributed by atoms with Crippen molar-refractivity contribution in [2.75, 3.05) is 22.5 Å². The van der Waals surface area contributed by atoms with E-state index >= 15 is 0 Å². The molecule has 2 aromatic carbocycles. The second kappa shape index (κ2) is 7.21. The van der Waals surface area contributed by atoms with E-state index in [-0.39, 0.29) is 24.2 Å². The Morgan fingerprint density at radius 3 is 2.23 bits per heavy atom. The lowest BCUT2D eigenvalue weighted by Gasteiger charge is -2.09. The summed E-state index contributed by atoms with van der Waals surface area (Å²) >= 11 is 0. The zero-order valence-electron chi connectivity index (χ0n) is 12.0. The molecule has 0 saturated heterocycles. The van der Waals surface area contributed by atoms with Crippen LogP contribution in [0.2, 0.25) is 0 Å². The predicted molar refractivity (Wildman–Crippen MR) is 84.3 cm³/mol. The fourth-order valence-corrected chi connectivity index (χ4v) is 1.83. The molecule has 0 aromatic heterocycles. The van der Waals surface area contributed by atoms with E-state index in [1.54, 1.807) is 36.4 Å². The van der Waals surface area contributed by atoms with Gasteiger partial charge in [0.2, 0.25) is 11.8 Å². The molecule has 0 aliphatic rings. The van der Waals surface area contributed by atoms with E-state index in [9.17, 15) is 14.0 Å². The van der Waals surface area contributed by atoms with Gasteiger partial charge in [-0.1, -0.05) is 6.07 Å². The molecule has 0 aliphatic carbocycles. The first-order chi connectivity index (χ1) is 10.5. The molecule has 2 amide bonds. The van der Waals surface area contributed by atoms with Gasteiger partial charge < -0.3 is 16.0 Å². The molecule has 22 heavy (non-hydrogen) atoms. The summed E-state index contributed by atoms with van der Waals surface area (Å²) in [6.45, 7) is 1.47. The normalized spacial score (nSPS) is 9.91. The van der Waals surface area contributed by atoms with Gasteiger partial charge in [0.1, 0.15) is 5.82 Å². The third kappa shape index (κ3) is 4.90. The Balaban J connectivity index is 1.89. The fraction of sp³-hybridized carbons (Fsp3) is 0.125. The highest BCUT2D eigenvalue weighted by atomic mass is 19.1. The summed E-state index contributed by atoms with van der Waals surface area (Å²) in [5.74, 6) is -0.754. The lowest BCUT2D eigenvalue weighted by Crippen LogP contribution is -2.21. The molecule has 0 aliphatic heterocycles. The summed E-state index contributed by atoms with van der Waals surface area (Å²) < 4.78 is 12.8. The van der Waals surface area contributed by atoms with Gasteiger partial charge in [-0.05, 0) is 42.5 Å². The third-order valence-electron chi connectivity index (χ3n) is 2.76. The van der Waals surface area contributed by atoms with Crippen molar-refractivity contribution < 1.29 is 14.0 Å². The largest absolute Gasteiger partial charge is 0.376 e. The topological polar surface area (TPSA) is 70.2 Å². The lowest BCUT2D eigenvalue weighted by molar-refractivity contribution is -0.115.